The van der Waals surface area contributed by atoms with Crippen LogP contribution in [0.4, 0.5) is 0 Å². The molecular weight excluding hydrogens is 290 g/mol. The Morgan fingerprint density at radius 1 is 1.14 bits per heavy atom. The zero-order chi connectivity index (χ0) is 16.1. The third-order valence-corrected chi connectivity index (χ3v) is 6.49. The van der Waals surface area contributed by atoms with Gasteiger partial charge < -0.3 is 5.11 Å². The van der Waals surface area contributed by atoms with Gasteiger partial charge in [-0.05, 0) is 52.7 Å². The normalized spacial score (nSPS) is 25.9. The molecule has 5 nitrogen and oxygen atoms in total. The highest BCUT2D eigenvalue weighted by molar-refractivity contribution is 7.89. The van der Waals surface area contributed by atoms with E-state index in [1.54, 1.807) is 26.0 Å². The summed E-state index contributed by atoms with van der Waals surface area (Å²) in [6, 6.07) is 6.49. The molecule has 1 unspecified atom stereocenters. The van der Waals surface area contributed by atoms with Gasteiger partial charge in [-0.25, -0.2) is 8.42 Å². The SMILES string of the molecule is Cc1ccc(S(=O)(=O)N2C(C)(C)CCC2(C)C(=O)O)cc1. The van der Waals surface area contributed by atoms with Crippen molar-refractivity contribution in [1.82, 2.24) is 4.31 Å². The summed E-state index contributed by atoms with van der Waals surface area (Å²) in [5.74, 6) is -1.11. The van der Waals surface area contributed by atoms with Crippen molar-refractivity contribution in [3.8, 4) is 0 Å². The maximum absolute atomic E-state index is 12.9. The molecular formula is C15H21NO4S. The second-order valence-electron chi connectivity index (χ2n) is 6.47. The third kappa shape index (κ3) is 2.46. The van der Waals surface area contributed by atoms with Gasteiger partial charge in [-0.15, -0.1) is 0 Å². The summed E-state index contributed by atoms with van der Waals surface area (Å²) in [7, 11) is -3.86. The Bertz CT molecular complexity index is 663. The van der Waals surface area contributed by atoms with Crippen molar-refractivity contribution in [3.05, 3.63) is 29.8 Å². The number of benzene rings is 1. The highest BCUT2D eigenvalue weighted by Crippen LogP contribution is 2.44. The summed E-state index contributed by atoms with van der Waals surface area (Å²) in [6.07, 6.45) is 0.821. The van der Waals surface area contributed by atoms with Crippen LogP contribution in [0.1, 0.15) is 39.2 Å². The highest BCUT2D eigenvalue weighted by Gasteiger charge is 2.58. The van der Waals surface area contributed by atoms with Crippen molar-refractivity contribution in [2.45, 2.75) is 56.5 Å². The Balaban J connectivity index is 2.60. The molecule has 1 aliphatic heterocycles. The van der Waals surface area contributed by atoms with E-state index in [-0.39, 0.29) is 4.90 Å². The van der Waals surface area contributed by atoms with E-state index in [1.165, 1.54) is 23.4 Å². The molecule has 0 amide bonds. The van der Waals surface area contributed by atoms with E-state index in [9.17, 15) is 18.3 Å². The second kappa shape index (κ2) is 4.81. The number of hydrogen-bond acceptors (Lipinski definition) is 3. The first-order valence-electron chi connectivity index (χ1n) is 6.87. The summed E-state index contributed by atoms with van der Waals surface area (Å²) in [6.45, 7) is 6.90. The molecule has 1 saturated heterocycles. The van der Waals surface area contributed by atoms with Crippen LogP contribution >= 0.6 is 0 Å². The van der Waals surface area contributed by atoms with E-state index in [1.807, 2.05) is 6.92 Å². The van der Waals surface area contributed by atoms with Gasteiger partial charge in [-0.2, -0.15) is 4.31 Å². The lowest BCUT2D eigenvalue weighted by Gasteiger charge is -2.38. The molecule has 0 aliphatic carbocycles. The van der Waals surface area contributed by atoms with E-state index in [0.29, 0.717) is 12.8 Å². The van der Waals surface area contributed by atoms with Crippen LogP contribution in [0, 0.1) is 6.92 Å². The van der Waals surface area contributed by atoms with Crippen molar-refractivity contribution in [3.63, 3.8) is 0 Å². The minimum atomic E-state index is -3.86. The molecule has 2 rings (SSSR count). The lowest BCUT2D eigenvalue weighted by atomic mass is 9.99. The maximum atomic E-state index is 12.9. The molecule has 1 aromatic rings. The molecule has 1 N–H and O–H groups in total. The molecule has 6 heteroatoms. The maximum Gasteiger partial charge on any atom is 0.324 e. The summed E-state index contributed by atoms with van der Waals surface area (Å²) in [4.78, 5) is 11.8. The van der Waals surface area contributed by atoms with Gasteiger partial charge in [-0.3, -0.25) is 4.79 Å². The van der Waals surface area contributed by atoms with Crippen LogP contribution in [0.3, 0.4) is 0 Å². The molecule has 1 aliphatic rings. The molecule has 1 fully saturated rings. The molecule has 1 aromatic carbocycles. The van der Waals surface area contributed by atoms with Gasteiger partial charge >= 0.3 is 5.97 Å². The molecule has 0 saturated carbocycles. The van der Waals surface area contributed by atoms with Crippen LogP contribution in [-0.4, -0.2) is 34.9 Å². The Morgan fingerprint density at radius 3 is 2.14 bits per heavy atom. The Labute approximate surface area is 125 Å². The van der Waals surface area contributed by atoms with Gasteiger partial charge in [-0.1, -0.05) is 17.7 Å². The van der Waals surface area contributed by atoms with Crippen molar-refractivity contribution in [1.29, 1.82) is 0 Å². The first kappa shape index (κ1) is 16.0. The number of sulfonamides is 1. The third-order valence-electron chi connectivity index (χ3n) is 4.24. The average molecular weight is 311 g/mol. The molecule has 116 valence electrons. The predicted molar refractivity (Wildman–Crippen MR) is 79.6 cm³/mol. The minimum absolute atomic E-state index is 0.135. The number of carboxylic acids is 1. The standard InChI is InChI=1S/C15H21NO4S/c1-11-5-7-12(8-6-11)21(19,20)16-14(2,3)9-10-15(16,4)13(17)18/h5-8H,9-10H2,1-4H3,(H,17,18). The summed E-state index contributed by atoms with van der Waals surface area (Å²) in [5, 5.41) is 9.52. The number of carboxylic acid groups (broad SMARTS) is 1. The Kier molecular flexibility index (Phi) is 3.66. The van der Waals surface area contributed by atoms with Gasteiger partial charge in [0.15, 0.2) is 0 Å². The van der Waals surface area contributed by atoms with Crippen LogP contribution in [0.2, 0.25) is 0 Å². The largest absolute Gasteiger partial charge is 0.480 e. The number of hydrogen-bond donors (Lipinski definition) is 1. The molecule has 0 radical (unpaired) electrons. The molecule has 0 aromatic heterocycles. The summed E-state index contributed by atoms with van der Waals surface area (Å²) < 4.78 is 27.1. The van der Waals surface area contributed by atoms with Crippen molar-refractivity contribution in [2.75, 3.05) is 0 Å². The second-order valence-corrected chi connectivity index (χ2v) is 8.26. The van der Waals surface area contributed by atoms with Crippen LogP contribution in [0.5, 0.6) is 0 Å². The fourth-order valence-electron chi connectivity index (χ4n) is 3.02. The number of aliphatic carboxylic acids is 1. The zero-order valence-corrected chi connectivity index (χ0v) is 13.6. The molecule has 1 atom stereocenters. The topological polar surface area (TPSA) is 74.7 Å². The predicted octanol–water partition coefficient (Wildman–Crippen LogP) is 2.40. The summed E-state index contributed by atoms with van der Waals surface area (Å²) >= 11 is 0. The smallest absolute Gasteiger partial charge is 0.324 e. The van der Waals surface area contributed by atoms with Crippen LogP contribution in [0.15, 0.2) is 29.2 Å². The fraction of sp³-hybridized carbons (Fsp3) is 0.533. The van der Waals surface area contributed by atoms with E-state index in [4.69, 9.17) is 0 Å². The van der Waals surface area contributed by atoms with E-state index in [2.05, 4.69) is 0 Å². The van der Waals surface area contributed by atoms with E-state index >= 15 is 0 Å². The number of carbonyl (C=O) groups is 1. The first-order chi connectivity index (χ1) is 9.52. The molecule has 1 heterocycles. The molecule has 0 spiro atoms. The number of nitrogens with zero attached hydrogens (tertiary/aromatic N) is 1. The van der Waals surface area contributed by atoms with Crippen molar-refractivity contribution >= 4 is 16.0 Å². The van der Waals surface area contributed by atoms with Crippen molar-refractivity contribution in [2.24, 2.45) is 0 Å². The van der Waals surface area contributed by atoms with E-state index < -0.39 is 27.1 Å². The Morgan fingerprint density at radius 2 is 1.67 bits per heavy atom. The summed E-state index contributed by atoms with van der Waals surface area (Å²) in [5.41, 5.74) is -1.18. The van der Waals surface area contributed by atoms with Gasteiger partial charge in [0.05, 0.1) is 4.90 Å². The monoisotopic (exact) mass is 311 g/mol. The first-order valence-corrected chi connectivity index (χ1v) is 8.31. The van der Waals surface area contributed by atoms with Crippen LogP contribution in [-0.2, 0) is 14.8 Å². The van der Waals surface area contributed by atoms with Gasteiger partial charge in [0, 0.05) is 5.54 Å². The highest BCUT2D eigenvalue weighted by atomic mass is 32.2. The Hall–Kier alpha value is -1.40. The molecule has 0 bridgehead atoms. The molecule has 21 heavy (non-hydrogen) atoms. The van der Waals surface area contributed by atoms with E-state index in [0.717, 1.165) is 5.56 Å². The zero-order valence-electron chi connectivity index (χ0n) is 12.8. The van der Waals surface area contributed by atoms with Gasteiger partial charge in [0.25, 0.3) is 0 Å². The minimum Gasteiger partial charge on any atom is -0.480 e. The quantitative estimate of drug-likeness (QED) is 0.930. The lowest BCUT2D eigenvalue weighted by Crippen LogP contribution is -2.56. The fourth-order valence-corrected chi connectivity index (χ4v) is 5.15. The average Bonchev–Trinajstić information content (AvgIpc) is 2.62. The number of rotatable bonds is 3. The van der Waals surface area contributed by atoms with Crippen LogP contribution < -0.4 is 0 Å². The van der Waals surface area contributed by atoms with Crippen molar-refractivity contribution < 1.29 is 18.3 Å². The van der Waals surface area contributed by atoms with Gasteiger partial charge in [0.2, 0.25) is 10.0 Å². The van der Waals surface area contributed by atoms with Gasteiger partial charge in [0.1, 0.15) is 5.54 Å². The number of aryl methyl sites for hydroxylation is 1. The lowest BCUT2D eigenvalue weighted by molar-refractivity contribution is -0.147. The van der Waals surface area contributed by atoms with Crippen LogP contribution in [0.25, 0.3) is 0 Å².